The molecular formula is C13H11BrN2O5. The molecule has 0 aliphatic rings. The van der Waals surface area contributed by atoms with Gasteiger partial charge in [0.05, 0.1) is 12.0 Å². The van der Waals surface area contributed by atoms with E-state index in [9.17, 15) is 14.9 Å². The van der Waals surface area contributed by atoms with Crippen LogP contribution < -0.4 is 4.74 Å². The van der Waals surface area contributed by atoms with E-state index in [0.29, 0.717) is 11.3 Å². The number of nitrogens with one attached hydrogen (secondary N) is 1. The Morgan fingerprint density at radius 1 is 1.43 bits per heavy atom. The van der Waals surface area contributed by atoms with Gasteiger partial charge in [-0.2, -0.15) is 0 Å². The fourth-order valence-corrected chi connectivity index (χ4v) is 2.04. The molecule has 0 radical (unpaired) electrons. The number of hydrogen-bond acceptors (Lipinski definition) is 5. The van der Waals surface area contributed by atoms with Gasteiger partial charge in [0, 0.05) is 28.4 Å². The van der Waals surface area contributed by atoms with Crippen LogP contribution in [0.5, 0.6) is 5.75 Å². The number of nitro groups is 1. The smallest absolute Gasteiger partial charge is 0.355 e. The van der Waals surface area contributed by atoms with E-state index in [0.717, 1.165) is 4.47 Å². The minimum Gasteiger partial charge on any atom is -0.496 e. The standard InChI is InChI=1S/C13H11BrN2O5/c1-20-12-3-2-10(16(18)19)4-8(12)7-21-13(17)11-5-9(14)6-15-11/h2-6,15H,7H2,1H3. The van der Waals surface area contributed by atoms with Crippen molar-refractivity contribution in [1.29, 1.82) is 0 Å². The summed E-state index contributed by atoms with van der Waals surface area (Å²) in [4.78, 5) is 24.8. The molecule has 0 atom stereocenters. The molecular weight excluding hydrogens is 344 g/mol. The van der Waals surface area contributed by atoms with Crippen molar-refractivity contribution in [1.82, 2.24) is 4.98 Å². The number of rotatable bonds is 5. The molecule has 7 nitrogen and oxygen atoms in total. The van der Waals surface area contributed by atoms with Crippen LogP contribution >= 0.6 is 15.9 Å². The lowest BCUT2D eigenvalue weighted by Gasteiger charge is -2.08. The van der Waals surface area contributed by atoms with E-state index in [2.05, 4.69) is 20.9 Å². The summed E-state index contributed by atoms with van der Waals surface area (Å²) in [5.41, 5.74) is 0.612. The fraction of sp³-hybridized carbons (Fsp3) is 0.154. The number of nitrogens with zero attached hydrogens (tertiary/aromatic N) is 1. The number of halogens is 1. The normalized spacial score (nSPS) is 10.2. The van der Waals surface area contributed by atoms with Gasteiger partial charge < -0.3 is 14.5 Å². The predicted molar refractivity (Wildman–Crippen MR) is 77.3 cm³/mol. The lowest BCUT2D eigenvalue weighted by Crippen LogP contribution is -2.06. The summed E-state index contributed by atoms with van der Waals surface area (Å²) in [5.74, 6) is -0.143. The molecule has 2 rings (SSSR count). The molecule has 0 aliphatic heterocycles. The minimum absolute atomic E-state index is 0.0931. The van der Waals surface area contributed by atoms with Gasteiger partial charge in [0.1, 0.15) is 18.1 Å². The molecule has 0 fully saturated rings. The highest BCUT2D eigenvalue weighted by Gasteiger charge is 2.15. The second-order valence-corrected chi connectivity index (χ2v) is 4.98. The molecule has 110 valence electrons. The van der Waals surface area contributed by atoms with Crippen LogP contribution in [-0.2, 0) is 11.3 Å². The van der Waals surface area contributed by atoms with E-state index in [1.54, 1.807) is 12.3 Å². The summed E-state index contributed by atoms with van der Waals surface area (Å²) in [6.07, 6.45) is 1.60. The van der Waals surface area contributed by atoms with Crippen molar-refractivity contribution in [2.24, 2.45) is 0 Å². The number of carbonyl (C=O) groups excluding carboxylic acids is 1. The highest BCUT2D eigenvalue weighted by Crippen LogP contribution is 2.25. The Bertz CT molecular complexity index is 683. The van der Waals surface area contributed by atoms with Gasteiger partial charge in [-0.05, 0) is 28.1 Å². The summed E-state index contributed by atoms with van der Waals surface area (Å²) in [6, 6.07) is 5.68. The van der Waals surface area contributed by atoms with Crippen LogP contribution in [0.15, 0.2) is 34.9 Å². The van der Waals surface area contributed by atoms with Crippen LogP contribution in [-0.4, -0.2) is 23.0 Å². The van der Waals surface area contributed by atoms with Crippen LogP contribution in [0.4, 0.5) is 5.69 Å². The molecule has 1 heterocycles. The number of nitro benzene ring substituents is 1. The van der Waals surface area contributed by atoms with E-state index >= 15 is 0 Å². The fourth-order valence-electron chi connectivity index (χ4n) is 1.70. The van der Waals surface area contributed by atoms with Crippen molar-refractivity contribution in [2.45, 2.75) is 6.61 Å². The quantitative estimate of drug-likeness (QED) is 0.505. The third kappa shape index (κ3) is 3.60. The number of carbonyl (C=O) groups is 1. The zero-order chi connectivity index (χ0) is 15.4. The van der Waals surface area contributed by atoms with Gasteiger partial charge in [0.15, 0.2) is 0 Å². The number of aromatic amines is 1. The maximum absolute atomic E-state index is 11.8. The summed E-state index contributed by atoms with van der Waals surface area (Å²) >= 11 is 3.21. The Morgan fingerprint density at radius 2 is 2.19 bits per heavy atom. The molecule has 0 saturated heterocycles. The molecule has 2 aromatic rings. The molecule has 0 saturated carbocycles. The van der Waals surface area contributed by atoms with E-state index in [-0.39, 0.29) is 18.0 Å². The van der Waals surface area contributed by atoms with E-state index in [4.69, 9.17) is 9.47 Å². The topological polar surface area (TPSA) is 94.5 Å². The van der Waals surface area contributed by atoms with E-state index < -0.39 is 10.9 Å². The van der Waals surface area contributed by atoms with Crippen molar-refractivity contribution in [3.05, 3.63) is 56.3 Å². The SMILES string of the molecule is COc1ccc([N+](=O)[O-])cc1COC(=O)c1cc(Br)c[nH]1. The Labute approximate surface area is 128 Å². The van der Waals surface area contributed by atoms with E-state index in [1.807, 2.05) is 0 Å². The lowest BCUT2D eigenvalue weighted by atomic mass is 10.2. The first-order valence-corrected chi connectivity index (χ1v) is 6.63. The first-order chi connectivity index (χ1) is 10.0. The number of benzene rings is 1. The molecule has 1 N–H and O–H groups in total. The maximum Gasteiger partial charge on any atom is 0.355 e. The average molecular weight is 355 g/mol. The van der Waals surface area contributed by atoms with Gasteiger partial charge in [0.25, 0.3) is 5.69 Å². The van der Waals surface area contributed by atoms with Crippen molar-refractivity contribution < 1.29 is 19.2 Å². The highest BCUT2D eigenvalue weighted by molar-refractivity contribution is 9.10. The largest absolute Gasteiger partial charge is 0.496 e. The molecule has 8 heteroatoms. The predicted octanol–water partition coefficient (Wildman–Crippen LogP) is 3.05. The van der Waals surface area contributed by atoms with Crippen LogP contribution in [0.2, 0.25) is 0 Å². The Hall–Kier alpha value is -2.35. The molecule has 0 amide bonds. The van der Waals surface area contributed by atoms with Gasteiger partial charge in [-0.15, -0.1) is 0 Å². The van der Waals surface area contributed by atoms with Gasteiger partial charge >= 0.3 is 5.97 Å². The third-order valence-corrected chi connectivity index (χ3v) is 3.16. The molecule has 1 aromatic carbocycles. The number of methoxy groups -OCH3 is 1. The Balaban J connectivity index is 2.13. The second kappa shape index (κ2) is 6.40. The lowest BCUT2D eigenvalue weighted by molar-refractivity contribution is -0.385. The summed E-state index contributed by atoms with van der Waals surface area (Å²) in [5, 5.41) is 10.8. The number of hydrogen-bond donors (Lipinski definition) is 1. The maximum atomic E-state index is 11.8. The number of ether oxygens (including phenoxy) is 2. The van der Waals surface area contributed by atoms with Gasteiger partial charge in [0.2, 0.25) is 0 Å². The summed E-state index contributed by atoms with van der Waals surface area (Å²) < 4.78 is 10.9. The summed E-state index contributed by atoms with van der Waals surface area (Å²) in [6.45, 7) is -0.125. The third-order valence-electron chi connectivity index (χ3n) is 2.70. The first kappa shape index (κ1) is 15.0. The van der Waals surface area contributed by atoms with Crippen LogP contribution in [0.25, 0.3) is 0 Å². The highest BCUT2D eigenvalue weighted by atomic mass is 79.9. The van der Waals surface area contributed by atoms with Crippen LogP contribution in [0, 0.1) is 10.1 Å². The molecule has 0 bridgehead atoms. The molecule has 0 aliphatic carbocycles. The van der Waals surface area contributed by atoms with Crippen molar-refractivity contribution in [2.75, 3.05) is 7.11 Å². The van der Waals surface area contributed by atoms with Gasteiger partial charge in [-0.3, -0.25) is 10.1 Å². The number of H-pyrrole nitrogens is 1. The molecule has 0 unspecified atom stereocenters. The molecule has 21 heavy (non-hydrogen) atoms. The molecule has 0 spiro atoms. The average Bonchev–Trinajstić information content (AvgIpc) is 2.91. The number of aromatic nitrogens is 1. The van der Waals surface area contributed by atoms with Crippen LogP contribution in [0.1, 0.15) is 16.1 Å². The minimum atomic E-state index is -0.561. The number of esters is 1. The van der Waals surface area contributed by atoms with Gasteiger partial charge in [-0.1, -0.05) is 0 Å². The van der Waals surface area contributed by atoms with Crippen LogP contribution in [0.3, 0.4) is 0 Å². The Morgan fingerprint density at radius 3 is 2.76 bits per heavy atom. The Kier molecular flexibility index (Phi) is 4.59. The zero-order valence-corrected chi connectivity index (χ0v) is 12.5. The van der Waals surface area contributed by atoms with Crippen molar-refractivity contribution in [3.8, 4) is 5.75 Å². The van der Waals surface area contributed by atoms with Crippen molar-refractivity contribution in [3.63, 3.8) is 0 Å². The van der Waals surface area contributed by atoms with Gasteiger partial charge in [-0.25, -0.2) is 4.79 Å². The monoisotopic (exact) mass is 354 g/mol. The first-order valence-electron chi connectivity index (χ1n) is 5.83. The second-order valence-electron chi connectivity index (χ2n) is 4.06. The zero-order valence-electron chi connectivity index (χ0n) is 11.0. The summed E-state index contributed by atoms with van der Waals surface area (Å²) in [7, 11) is 1.44. The van der Waals surface area contributed by atoms with E-state index in [1.165, 1.54) is 25.3 Å². The number of non-ortho nitro benzene ring substituents is 1. The molecule has 1 aromatic heterocycles. The van der Waals surface area contributed by atoms with Crippen molar-refractivity contribution >= 4 is 27.6 Å².